The Labute approximate surface area is 163 Å². The van der Waals surface area contributed by atoms with Gasteiger partial charge in [-0.3, -0.25) is 15.0 Å². The lowest BCUT2D eigenvalue weighted by molar-refractivity contribution is -0.134. The van der Waals surface area contributed by atoms with Gasteiger partial charge in [-0.2, -0.15) is 5.01 Å². The van der Waals surface area contributed by atoms with Crippen molar-refractivity contribution in [2.24, 2.45) is 11.8 Å². The SMILES string of the molecule is CC[C@H]1CCc2sc(C(=O)NN3C(=O)NC4(CCC(C)CC4)C3=O)cc2C1. The third-order valence-corrected chi connectivity index (χ3v) is 7.72. The summed E-state index contributed by atoms with van der Waals surface area (Å²) in [5.74, 6) is 0.558. The van der Waals surface area contributed by atoms with Gasteiger partial charge in [0, 0.05) is 4.88 Å². The van der Waals surface area contributed by atoms with Gasteiger partial charge in [0.05, 0.1) is 4.88 Å². The molecule has 0 bridgehead atoms. The smallest absolute Gasteiger partial charge is 0.322 e. The largest absolute Gasteiger partial charge is 0.344 e. The molecule has 2 N–H and O–H groups in total. The van der Waals surface area contributed by atoms with Gasteiger partial charge in [-0.15, -0.1) is 11.3 Å². The summed E-state index contributed by atoms with van der Waals surface area (Å²) >= 11 is 1.49. The van der Waals surface area contributed by atoms with Gasteiger partial charge in [0.2, 0.25) is 0 Å². The average molecular weight is 390 g/mol. The van der Waals surface area contributed by atoms with E-state index in [4.69, 9.17) is 0 Å². The van der Waals surface area contributed by atoms with E-state index in [1.807, 2.05) is 6.07 Å². The van der Waals surface area contributed by atoms with E-state index in [-0.39, 0.29) is 11.8 Å². The van der Waals surface area contributed by atoms with E-state index in [1.165, 1.54) is 28.2 Å². The summed E-state index contributed by atoms with van der Waals surface area (Å²) in [6.07, 6.45) is 7.43. The number of imide groups is 1. The molecular formula is C20H27N3O3S. The van der Waals surface area contributed by atoms with Crippen molar-refractivity contribution >= 4 is 29.2 Å². The van der Waals surface area contributed by atoms with Crippen LogP contribution in [0.25, 0.3) is 0 Å². The Morgan fingerprint density at radius 3 is 2.78 bits per heavy atom. The molecule has 0 radical (unpaired) electrons. The number of fused-ring (bicyclic) bond motifs is 1. The molecule has 0 aromatic carbocycles. The highest BCUT2D eigenvalue weighted by molar-refractivity contribution is 7.14. The third kappa shape index (κ3) is 3.26. The second kappa shape index (κ2) is 6.93. The van der Waals surface area contributed by atoms with E-state index in [1.54, 1.807) is 0 Å². The van der Waals surface area contributed by atoms with Gasteiger partial charge < -0.3 is 5.32 Å². The van der Waals surface area contributed by atoms with E-state index in [9.17, 15) is 14.4 Å². The molecule has 1 saturated carbocycles. The predicted octanol–water partition coefficient (Wildman–Crippen LogP) is 3.41. The van der Waals surface area contributed by atoms with Crippen LogP contribution in [-0.4, -0.2) is 28.4 Å². The molecule has 1 saturated heterocycles. The molecule has 1 spiro atoms. The van der Waals surface area contributed by atoms with Crippen molar-refractivity contribution < 1.29 is 14.4 Å². The van der Waals surface area contributed by atoms with E-state index < -0.39 is 11.6 Å². The number of amides is 4. The number of carbonyl (C=O) groups is 3. The van der Waals surface area contributed by atoms with Crippen LogP contribution in [-0.2, 0) is 17.6 Å². The van der Waals surface area contributed by atoms with Crippen LogP contribution >= 0.6 is 11.3 Å². The topological polar surface area (TPSA) is 78.5 Å². The van der Waals surface area contributed by atoms with Crippen LogP contribution in [0, 0.1) is 11.8 Å². The molecule has 4 amide bonds. The van der Waals surface area contributed by atoms with Gasteiger partial charge in [-0.1, -0.05) is 20.3 Å². The molecule has 2 heterocycles. The standard InChI is InChI=1S/C20H27N3O3S/c1-3-13-4-5-15-14(10-13)11-16(27-15)17(24)22-23-18(25)20(21-19(23)26)8-6-12(2)7-9-20/h11-13H,3-10H2,1-2H3,(H,21,26)(H,22,24)/t12?,13-,20?/m0/s1. The fraction of sp³-hybridized carbons (Fsp3) is 0.650. The second-order valence-corrected chi connectivity index (χ2v) is 9.49. The van der Waals surface area contributed by atoms with Gasteiger partial charge in [0.15, 0.2) is 0 Å². The Kier molecular flexibility index (Phi) is 4.74. The Bertz CT molecular complexity index is 779. The Balaban J connectivity index is 1.46. The highest BCUT2D eigenvalue weighted by Crippen LogP contribution is 2.36. The number of aryl methyl sites for hydroxylation is 1. The molecule has 6 nitrogen and oxygen atoms in total. The van der Waals surface area contributed by atoms with Crippen molar-refractivity contribution in [3.05, 3.63) is 21.4 Å². The molecule has 146 valence electrons. The van der Waals surface area contributed by atoms with Gasteiger partial charge in [-0.25, -0.2) is 4.79 Å². The minimum Gasteiger partial charge on any atom is -0.322 e. The molecule has 27 heavy (non-hydrogen) atoms. The van der Waals surface area contributed by atoms with Crippen LogP contribution in [0.3, 0.4) is 0 Å². The Morgan fingerprint density at radius 1 is 1.33 bits per heavy atom. The lowest BCUT2D eigenvalue weighted by Crippen LogP contribution is -2.51. The van der Waals surface area contributed by atoms with Crippen molar-refractivity contribution in [1.29, 1.82) is 0 Å². The predicted molar refractivity (Wildman–Crippen MR) is 103 cm³/mol. The minimum atomic E-state index is -0.833. The normalized spacial score (nSPS) is 30.4. The summed E-state index contributed by atoms with van der Waals surface area (Å²) in [5.41, 5.74) is 2.97. The number of hydrogen-bond acceptors (Lipinski definition) is 4. The van der Waals surface area contributed by atoms with Crippen molar-refractivity contribution in [1.82, 2.24) is 15.8 Å². The summed E-state index contributed by atoms with van der Waals surface area (Å²) < 4.78 is 0. The third-order valence-electron chi connectivity index (χ3n) is 6.49. The number of carbonyl (C=O) groups excluding carboxylic acids is 3. The van der Waals surface area contributed by atoms with Crippen LogP contribution in [0.1, 0.15) is 72.5 Å². The molecule has 1 aromatic heterocycles. The molecule has 1 aromatic rings. The molecule has 0 unspecified atom stereocenters. The van der Waals surface area contributed by atoms with E-state index in [0.29, 0.717) is 29.6 Å². The van der Waals surface area contributed by atoms with E-state index in [2.05, 4.69) is 24.6 Å². The number of hydrazine groups is 1. The zero-order valence-corrected chi connectivity index (χ0v) is 16.8. The van der Waals surface area contributed by atoms with Crippen LogP contribution < -0.4 is 10.7 Å². The zero-order valence-electron chi connectivity index (χ0n) is 16.0. The Hall–Kier alpha value is -1.89. The quantitative estimate of drug-likeness (QED) is 0.778. The molecule has 2 aliphatic carbocycles. The number of hydrogen-bond donors (Lipinski definition) is 2. The molecule has 1 atom stereocenters. The summed E-state index contributed by atoms with van der Waals surface area (Å²) in [5, 5.41) is 3.73. The highest BCUT2D eigenvalue weighted by Gasteiger charge is 2.53. The van der Waals surface area contributed by atoms with E-state index in [0.717, 1.165) is 37.1 Å². The first-order chi connectivity index (χ1) is 12.9. The van der Waals surface area contributed by atoms with Crippen molar-refractivity contribution in [3.63, 3.8) is 0 Å². The molecule has 2 fully saturated rings. The fourth-order valence-corrected chi connectivity index (χ4v) is 5.63. The van der Waals surface area contributed by atoms with Crippen LogP contribution in [0.15, 0.2) is 6.07 Å². The van der Waals surface area contributed by atoms with Gasteiger partial charge in [0.25, 0.3) is 11.8 Å². The van der Waals surface area contributed by atoms with Crippen molar-refractivity contribution in [2.75, 3.05) is 0 Å². The van der Waals surface area contributed by atoms with Crippen LogP contribution in [0.2, 0.25) is 0 Å². The first-order valence-corrected chi connectivity index (χ1v) is 10.8. The lowest BCUT2D eigenvalue weighted by Gasteiger charge is -2.33. The van der Waals surface area contributed by atoms with Crippen molar-refractivity contribution in [3.8, 4) is 0 Å². The maximum atomic E-state index is 12.9. The Morgan fingerprint density at radius 2 is 2.07 bits per heavy atom. The molecule has 7 heteroatoms. The number of nitrogens with zero attached hydrogens (tertiary/aromatic N) is 1. The summed E-state index contributed by atoms with van der Waals surface area (Å²) in [4.78, 5) is 39.8. The van der Waals surface area contributed by atoms with Crippen molar-refractivity contribution in [2.45, 2.75) is 70.8 Å². The fourth-order valence-electron chi connectivity index (χ4n) is 4.53. The number of nitrogens with one attached hydrogen (secondary N) is 2. The van der Waals surface area contributed by atoms with Gasteiger partial charge in [-0.05, 0) is 68.4 Å². The first-order valence-electron chi connectivity index (χ1n) is 10.0. The maximum absolute atomic E-state index is 12.9. The average Bonchev–Trinajstić information content (AvgIpc) is 3.18. The zero-order chi connectivity index (χ0) is 19.2. The second-order valence-electron chi connectivity index (χ2n) is 8.35. The van der Waals surface area contributed by atoms with Crippen LogP contribution in [0.5, 0.6) is 0 Å². The monoisotopic (exact) mass is 389 g/mol. The molecule has 1 aliphatic heterocycles. The van der Waals surface area contributed by atoms with E-state index >= 15 is 0 Å². The number of urea groups is 1. The van der Waals surface area contributed by atoms with Gasteiger partial charge >= 0.3 is 6.03 Å². The summed E-state index contributed by atoms with van der Waals surface area (Å²) in [6, 6.07) is 1.42. The molecular weight excluding hydrogens is 362 g/mol. The first kappa shape index (κ1) is 18.5. The summed E-state index contributed by atoms with van der Waals surface area (Å²) in [6.45, 7) is 4.37. The summed E-state index contributed by atoms with van der Waals surface area (Å²) in [7, 11) is 0. The van der Waals surface area contributed by atoms with Crippen LogP contribution in [0.4, 0.5) is 4.79 Å². The minimum absolute atomic E-state index is 0.319. The molecule has 3 aliphatic rings. The van der Waals surface area contributed by atoms with Gasteiger partial charge in [0.1, 0.15) is 5.54 Å². The highest BCUT2D eigenvalue weighted by atomic mass is 32.1. The number of thiophene rings is 1. The lowest BCUT2D eigenvalue weighted by atomic mass is 9.77. The number of rotatable bonds is 3. The maximum Gasteiger partial charge on any atom is 0.344 e. The molecule has 4 rings (SSSR count).